The van der Waals surface area contributed by atoms with Crippen LogP contribution in [0.5, 0.6) is 0 Å². The maximum atomic E-state index is 13.9. The highest BCUT2D eigenvalue weighted by molar-refractivity contribution is 5.85. The van der Waals surface area contributed by atoms with E-state index >= 15 is 0 Å². The first kappa shape index (κ1) is 27.7. The van der Waals surface area contributed by atoms with Gasteiger partial charge in [-0.3, -0.25) is 9.59 Å². The molecular formula is C33H46O4. The van der Waals surface area contributed by atoms with Crippen LogP contribution in [0.15, 0.2) is 59.8 Å². The summed E-state index contributed by atoms with van der Waals surface area (Å²) < 4.78 is 12.8. The van der Waals surface area contributed by atoms with Gasteiger partial charge in [-0.1, -0.05) is 91.8 Å². The fourth-order valence-corrected chi connectivity index (χ4v) is 6.41. The molecule has 4 rings (SSSR count). The van der Waals surface area contributed by atoms with E-state index in [2.05, 4.69) is 104 Å². The van der Waals surface area contributed by atoms with Crippen molar-refractivity contribution in [3.63, 3.8) is 0 Å². The van der Waals surface area contributed by atoms with Crippen LogP contribution in [0, 0.1) is 47.3 Å². The molecule has 2 bridgehead atoms. The van der Waals surface area contributed by atoms with Crippen molar-refractivity contribution in [3.05, 3.63) is 59.8 Å². The summed E-state index contributed by atoms with van der Waals surface area (Å²) in [6, 6.07) is 0. The zero-order chi connectivity index (χ0) is 27.1. The lowest BCUT2D eigenvalue weighted by atomic mass is 9.78. The normalized spacial score (nSPS) is 34.5. The van der Waals surface area contributed by atoms with Crippen molar-refractivity contribution in [2.24, 2.45) is 47.3 Å². The van der Waals surface area contributed by atoms with Gasteiger partial charge in [0, 0.05) is 12.8 Å². The van der Waals surface area contributed by atoms with Gasteiger partial charge in [0.05, 0.1) is 11.8 Å². The molecule has 4 nitrogen and oxygen atoms in total. The van der Waals surface area contributed by atoms with E-state index in [1.807, 2.05) is 0 Å². The second kappa shape index (κ2) is 10.4. The highest BCUT2D eigenvalue weighted by Gasteiger charge is 2.55. The van der Waals surface area contributed by atoms with Gasteiger partial charge in [-0.2, -0.15) is 0 Å². The summed E-state index contributed by atoms with van der Waals surface area (Å²) in [4.78, 5) is 27.8. The van der Waals surface area contributed by atoms with Gasteiger partial charge in [0.2, 0.25) is 0 Å². The van der Waals surface area contributed by atoms with Crippen LogP contribution in [0.25, 0.3) is 0 Å². The Bertz CT molecular complexity index is 970. The van der Waals surface area contributed by atoms with Crippen molar-refractivity contribution in [1.82, 2.24) is 0 Å². The first-order valence-electron chi connectivity index (χ1n) is 14.3. The maximum Gasteiger partial charge on any atom is 0.311 e. The standard InChI is InChI=1S/C33H46O4/c1-20(2)26-11-9-15-32(18-26,22(5)6)36-30(34)28-24-13-14-25(17-24)29(28)31(35)37-33(23(7)8)16-10-12-27(19-33)21(3)4/h9-14,18-25,28-29H,15-17H2,1-8H3. The number of hydrogen-bond acceptors (Lipinski definition) is 4. The predicted molar refractivity (Wildman–Crippen MR) is 148 cm³/mol. The zero-order valence-corrected chi connectivity index (χ0v) is 24.0. The van der Waals surface area contributed by atoms with Crippen LogP contribution >= 0.6 is 0 Å². The smallest absolute Gasteiger partial charge is 0.311 e. The van der Waals surface area contributed by atoms with Crippen molar-refractivity contribution < 1.29 is 19.1 Å². The highest BCUT2D eigenvalue weighted by atomic mass is 16.6. The van der Waals surface area contributed by atoms with Gasteiger partial charge in [0.1, 0.15) is 11.2 Å². The molecule has 6 unspecified atom stereocenters. The molecule has 1 saturated carbocycles. The third-order valence-corrected chi connectivity index (χ3v) is 9.19. The number of esters is 2. The molecule has 0 radical (unpaired) electrons. The van der Waals surface area contributed by atoms with Crippen LogP contribution in [0.2, 0.25) is 0 Å². The van der Waals surface area contributed by atoms with Gasteiger partial charge in [-0.25, -0.2) is 0 Å². The predicted octanol–water partition coefficient (Wildman–Crippen LogP) is 7.39. The molecule has 0 saturated heterocycles. The number of carbonyl (C=O) groups is 2. The van der Waals surface area contributed by atoms with Gasteiger partial charge < -0.3 is 9.47 Å². The third kappa shape index (κ3) is 5.18. The van der Waals surface area contributed by atoms with Gasteiger partial charge >= 0.3 is 11.9 Å². The van der Waals surface area contributed by atoms with Crippen molar-refractivity contribution in [2.75, 3.05) is 0 Å². The van der Waals surface area contributed by atoms with Gasteiger partial charge in [0.25, 0.3) is 0 Å². The topological polar surface area (TPSA) is 52.6 Å². The van der Waals surface area contributed by atoms with Crippen LogP contribution < -0.4 is 0 Å². The van der Waals surface area contributed by atoms with Gasteiger partial charge in [0.15, 0.2) is 0 Å². The first-order chi connectivity index (χ1) is 17.4. The summed E-state index contributed by atoms with van der Waals surface area (Å²) in [5.74, 6) is -0.548. The average Bonchev–Trinajstić information content (AvgIpc) is 3.46. The number of fused-ring (bicyclic) bond motifs is 2. The Labute approximate surface area is 223 Å². The summed E-state index contributed by atoms with van der Waals surface area (Å²) in [6.07, 6.45) is 19.2. The van der Waals surface area contributed by atoms with Crippen LogP contribution in [-0.4, -0.2) is 23.1 Å². The first-order valence-corrected chi connectivity index (χ1v) is 14.3. The largest absolute Gasteiger partial charge is 0.454 e. The Morgan fingerprint density at radius 1 is 0.703 bits per heavy atom. The minimum atomic E-state index is -0.687. The van der Waals surface area contributed by atoms with Gasteiger partial charge in [-0.05, 0) is 65.2 Å². The van der Waals surface area contributed by atoms with E-state index in [0.717, 1.165) is 6.42 Å². The lowest BCUT2D eigenvalue weighted by molar-refractivity contribution is -0.177. The van der Waals surface area contributed by atoms with E-state index in [4.69, 9.17) is 9.47 Å². The molecule has 0 aromatic rings. The van der Waals surface area contributed by atoms with E-state index in [-0.39, 0.29) is 35.6 Å². The number of ether oxygens (including phenoxy) is 2. The van der Waals surface area contributed by atoms with E-state index in [0.29, 0.717) is 24.7 Å². The average molecular weight is 507 g/mol. The second-order valence-corrected chi connectivity index (χ2v) is 12.9. The Hall–Kier alpha value is -2.36. The Kier molecular flexibility index (Phi) is 7.79. The number of carbonyl (C=O) groups excluding carboxylic acids is 2. The summed E-state index contributed by atoms with van der Waals surface area (Å²) in [6.45, 7) is 17.1. The summed E-state index contributed by atoms with van der Waals surface area (Å²) in [7, 11) is 0. The maximum absolute atomic E-state index is 13.9. The van der Waals surface area contributed by atoms with Crippen LogP contribution in [0.3, 0.4) is 0 Å². The minimum Gasteiger partial charge on any atom is -0.454 e. The fraction of sp³-hybridized carbons (Fsp3) is 0.636. The number of allylic oxidation sites excluding steroid dienone is 6. The molecule has 0 aromatic heterocycles. The molecule has 4 aliphatic rings. The number of rotatable bonds is 8. The summed E-state index contributed by atoms with van der Waals surface area (Å²) >= 11 is 0. The SMILES string of the molecule is CC(C)C1=CC(OC(=O)C2C3C=CC(C3)C2C(=O)OC2(C(C)C)C=C(C(C)C)C=CC2)(C(C)C)CC=C1. The molecule has 37 heavy (non-hydrogen) atoms. The molecule has 4 heteroatoms. The molecule has 1 fully saturated rings. The van der Waals surface area contributed by atoms with E-state index in [1.54, 1.807) is 0 Å². The van der Waals surface area contributed by atoms with Crippen molar-refractivity contribution in [2.45, 2.75) is 85.9 Å². The molecule has 4 aliphatic carbocycles. The molecule has 0 spiro atoms. The van der Waals surface area contributed by atoms with E-state index < -0.39 is 23.0 Å². The fourth-order valence-electron chi connectivity index (χ4n) is 6.41. The summed E-state index contributed by atoms with van der Waals surface area (Å²) in [5.41, 5.74) is 1.00. The van der Waals surface area contributed by atoms with Crippen molar-refractivity contribution in [3.8, 4) is 0 Å². The molecule has 0 amide bonds. The van der Waals surface area contributed by atoms with E-state index in [1.165, 1.54) is 11.1 Å². The highest BCUT2D eigenvalue weighted by Crippen LogP contribution is 2.51. The minimum absolute atomic E-state index is 0.0231. The van der Waals surface area contributed by atoms with Crippen LogP contribution in [0.1, 0.15) is 74.7 Å². The van der Waals surface area contributed by atoms with Crippen LogP contribution in [0.4, 0.5) is 0 Å². The molecular weight excluding hydrogens is 460 g/mol. The lowest BCUT2D eigenvalue weighted by Crippen LogP contribution is -2.46. The second-order valence-electron chi connectivity index (χ2n) is 12.9. The zero-order valence-electron chi connectivity index (χ0n) is 24.0. The molecule has 0 aliphatic heterocycles. The molecule has 0 aromatic carbocycles. The monoisotopic (exact) mass is 506 g/mol. The van der Waals surface area contributed by atoms with E-state index in [9.17, 15) is 9.59 Å². The lowest BCUT2D eigenvalue weighted by Gasteiger charge is -2.40. The van der Waals surface area contributed by atoms with Crippen molar-refractivity contribution in [1.29, 1.82) is 0 Å². The molecule has 0 N–H and O–H groups in total. The Balaban J connectivity index is 1.60. The van der Waals surface area contributed by atoms with Gasteiger partial charge in [-0.15, -0.1) is 0 Å². The quantitative estimate of drug-likeness (QED) is 0.254. The Morgan fingerprint density at radius 3 is 1.41 bits per heavy atom. The van der Waals surface area contributed by atoms with Crippen LogP contribution in [-0.2, 0) is 19.1 Å². The molecule has 0 heterocycles. The third-order valence-electron chi connectivity index (χ3n) is 9.19. The summed E-state index contributed by atoms with van der Waals surface area (Å²) in [5, 5.41) is 0. The molecule has 6 atom stereocenters. The molecule has 202 valence electrons. The van der Waals surface area contributed by atoms with Crippen molar-refractivity contribution >= 4 is 11.9 Å². The Morgan fingerprint density at radius 2 is 1.08 bits per heavy atom. The number of hydrogen-bond donors (Lipinski definition) is 0.